The highest BCUT2D eigenvalue weighted by Gasteiger charge is 2.14. The standard InChI is InChI=1S/C18H29N3O3/c1-22-16-9-8-14(12-17(16)23-2)13-21-18(19)20-10-5-11-24-15-6-3-4-7-15/h8-9,12,15H,3-7,10-11,13H2,1-2H3,(H3,19,20,21). The molecule has 134 valence electrons. The van der Waals surface area contributed by atoms with Gasteiger partial charge in [0, 0.05) is 13.2 Å². The molecule has 0 aromatic heterocycles. The summed E-state index contributed by atoms with van der Waals surface area (Å²) in [6, 6.07) is 5.73. The molecular weight excluding hydrogens is 306 g/mol. The van der Waals surface area contributed by atoms with Gasteiger partial charge in [0.05, 0.1) is 26.9 Å². The van der Waals surface area contributed by atoms with E-state index in [2.05, 4.69) is 10.3 Å². The Labute approximate surface area is 144 Å². The van der Waals surface area contributed by atoms with Crippen molar-refractivity contribution in [3.63, 3.8) is 0 Å². The molecule has 1 aromatic carbocycles. The summed E-state index contributed by atoms with van der Waals surface area (Å²) in [5.41, 5.74) is 6.91. The third-order valence-electron chi connectivity index (χ3n) is 4.16. The summed E-state index contributed by atoms with van der Waals surface area (Å²) in [5, 5.41) is 3.12. The second kappa shape index (κ2) is 10.0. The lowest BCUT2D eigenvalue weighted by molar-refractivity contribution is 0.0574. The predicted molar refractivity (Wildman–Crippen MR) is 95.7 cm³/mol. The van der Waals surface area contributed by atoms with Gasteiger partial charge >= 0.3 is 0 Å². The van der Waals surface area contributed by atoms with Crippen LogP contribution in [0.5, 0.6) is 11.5 Å². The Balaban J connectivity index is 1.67. The topological polar surface area (TPSA) is 78.1 Å². The van der Waals surface area contributed by atoms with Crippen molar-refractivity contribution in [1.82, 2.24) is 5.32 Å². The minimum atomic E-state index is 0.450. The van der Waals surface area contributed by atoms with Crippen molar-refractivity contribution in [2.24, 2.45) is 10.7 Å². The number of ether oxygens (including phenoxy) is 3. The lowest BCUT2D eigenvalue weighted by atomic mass is 10.2. The van der Waals surface area contributed by atoms with Gasteiger partial charge in [-0.3, -0.25) is 0 Å². The normalized spacial score (nSPS) is 15.5. The minimum Gasteiger partial charge on any atom is -0.493 e. The summed E-state index contributed by atoms with van der Waals surface area (Å²) in [7, 11) is 3.24. The molecule has 0 radical (unpaired) electrons. The Hall–Kier alpha value is -1.95. The second-order valence-corrected chi connectivity index (χ2v) is 5.95. The first kappa shape index (κ1) is 18.4. The van der Waals surface area contributed by atoms with Gasteiger partial charge in [0.2, 0.25) is 0 Å². The van der Waals surface area contributed by atoms with E-state index in [1.54, 1.807) is 14.2 Å². The summed E-state index contributed by atoms with van der Waals surface area (Å²) in [5.74, 6) is 1.85. The monoisotopic (exact) mass is 335 g/mol. The maximum atomic E-state index is 5.89. The van der Waals surface area contributed by atoms with E-state index in [1.807, 2.05) is 18.2 Å². The summed E-state index contributed by atoms with van der Waals surface area (Å²) >= 11 is 0. The van der Waals surface area contributed by atoms with Crippen molar-refractivity contribution in [1.29, 1.82) is 0 Å². The smallest absolute Gasteiger partial charge is 0.188 e. The molecule has 6 nitrogen and oxygen atoms in total. The molecule has 0 spiro atoms. The van der Waals surface area contributed by atoms with E-state index in [0.29, 0.717) is 30.1 Å². The Morgan fingerprint density at radius 1 is 1.21 bits per heavy atom. The van der Waals surface area contributed by atoms with Crippen LogP contribution in [0.3, 0.4) is 0 Å². The number of hydrogen-bond acceptors (Lipinski definition) is 4. The lowest BCUT2D eigenvalue weighted by Crippen LogP contribution is -2.33. The van der Waals surface area contributed by atoms with Gasteiger partial charge in [-0.2, -0.15) is 0 Å². The zero-order chi connectivity index (χ0) is 17.2. The van der Waals surface area contributed by atoms with E-state index in [9.17, 15) is 0 Å². The van der Waals surface area contributed by atoms with Crippen LogP contribution in [0, 0.1) is 0 Å². The van der Waals surface area contributed by atoms with Gasteiger partial charge in [0.1, 0.15) is 0 Å². The van der Waals surface area contributed by atoms with Gasteiger partial charge in [-0.25, -0.2) is 4.99 Å². The predicted octanol–water partition coefficient (Wildman–Crippen LogP) is 2.46. The first-order valence-corrected chi connectivity index (χ1v) is 8.59. The molecule has 0 aliphatic heterocycles. The van der Waals surface area contributed by atoms with Gasteiger partial charge in [0.15, 0.2) is 17.5 Å². The zero-order valence-electron chi connectivity index (χ0n) is 14.7. The van der Waals surface area contributed by atoms with E-state index in [1.165, 1.54) is 25.7 Å². The van der Waals surface area contributed by atoms with Crippen LogP contribution in [0.1, 0.15) is 37.7 Å². The number of rotatable bonds is 9. The fourth-order valence-corrected chi connectivity index (χ4v) is 2.80. The number of hydrogen-bond donors (Lipinski definition) is 2. The summed E-state index contributed by atoms with van der Waals surface area (Å²) < 4.78 is 16.3. The highest BCUT2D eigenvalue weighted by atomic mass is 16.5. The van der Waals surface area contributed by atoms with Crippen LogP contribution < -0.4 is 20.5 Å². The van der Waals surface area contributed by atoms with Crippen LogP contribution in [-0.4, -0.2) is 39.4 Å². The van der Waals surface area contributed by atoms with Crippen molar-refractivity contribution < 1.29 is 14.2 Å². The Bertz CT molecular complexity index is 528. The maximum Gasteiger partial charge on any atom is 0.188 e. The highest BCUT2D eigenvalue weighted by Crippen LogP contribution is 2.27. The summed E-state index contributed by atoms with van der Waals surface area (Å²) in [4.78, 5) is 4.35. The summed E-state index contributed by atoms with van der Waals surface area (Å²) in [6.45, 7) is 2.05. The molecule has 1 aromatic rings. The average molecular weight is 335 g/mol. The van der Waals surface area contributed by atoms with Crippen molar-refractivity contribution in [2.45, 2.75) is 44.8 Å². The molecule has 0 bridgehead atoms. The van der Waals surface area contributed by atoms with Crippen LogP contribution in [0.15, 0.2) is 23.2 Å². The molecule has 1 saturated carbocycles. The molecule has 1 aliphatic carbocycles. The molecule has 1 aliphatic rings. The molecule has 1 fully saturated rings. The maximum absolute atomic E-state index is 5.89. The minimum absolute atomic E-state index is 0.450. The Morgan fingerprint density at radius 3 is 2.67 bits per heavy atom. The van der Waals surface area contributed by atoms with E-state index >= 15 is 0 Å². The number of guanidine groups is 1. The summed E-state index contributed by atoms with van der Waals surface area (Å²) in [6.07, 6.45) is 6.44. The van der Waals surface area contributed by atoms with Gasteiger partial charge in [-0.15, -0.1) is 0 Å². The Kier molecular flexibility index (Phi) is 7.68. The molecule has 0 atom stereocenters. The molecule has 3 N–H and O–H groups in total. The second-order valence-electron chi connectivity index (χ2n) is 5.95. The molecule has 0 heterocycles. The van der Waals surface area contributed by atoms with Gasteiger partial charge in [-0.1, -0.05) is 18.9 Å². The first-order chi connectivity index (χ1) is 11.7. The molecule has 2 rings (SSSR count). The number of benzene rings is 1. The number of nitrogens with one attached hydrogen (secondary N) is 1. The van der Waals surface area contributed by atoms with E-state index < -0.39 is 0 Å². The van der Waals surface area contributed by atoms with Crippen LogP contribution >= 0.6 is 0 Å². The molecule has 0 amide bonds. The highest BCUT2D eigenvalue weighted by molar-refractivity contribution is 5.77. The quantitative estimate of drug-likeness (QED) is 0.412. The largest absolute Gasteiger partial charge is 0.493 e. The first-order valence-electron chi connectivity index (χ1n) is 8.59. The van der Waals surface area contributed by atoms with E-state index in [0.717, 1.165) is 25.1 Å². The van der Waals surface area contributed by atoms with Crippen LogP contribution in [0.25, 0.3) is 0 Å². The van der Waals surface area contributed by atoms with Gasteiger partial charge in [-0.05, 0) is 37.0 Å². The SMILES string of the molecule is COc1ccc(CN=C(N)NCCCOC2CCCC2)cc1OC. The van der Waals surface area contributed by atoms with E-state index in [-0.39, 0.29) is 0 Å². The molecule has 24 heavy (non-hydrogen) atoms. The number of aliphatic imine (C=N–C) groups is 1. The van der Waals surface area contributed by atoms with E-state index in [4.69, 9.17) is 19.9 Å². The zero-order valence-corrected chi connectivity index (χ0v) is 14.7. The van der Waals surface area contributed by atoms with Crippen molar-refractivity contribution >= 4 is 5.96 Å². The number of nitrogens with two attached hydrogens (primary N) is 1. The van der Waals surface area contributed by atoms with Crippen molar-refractivity contribution in [3.8, 4) is 11.5 Å². The molecule has 0 unspecified atom stereocenters. The molecular formula is C18H29N3O3. The van der Waals surface area contributed by atoms with Crippen molar-refractivity contribution in [3.05, 3.63) is 23.8 Å². The van der Waals surface area contributed by atoms with Crippen LogP contribution in [0.4, 0.5) is 0 Å². The van der Waals surface area contributed by atoms with Crippen molar-refractivity contribution in [2.75, 3.05) is 27.4 Å². The fourth-order valence-electron chi connectivity index (χ4n) is 2.80. The van der Waals surface area contributed by atoms with Crippen LogP contribution in [-0.2, 0) is 11.3 Å². The third kappa shape index (κ3) is 5.92. The average Bonchev–Trinajstić information content (AvgIpc) is 3.12. The number of nitrogens with zero attached hydrogens (tertiary/aromatic N) is 1. The van der Waals surface area contributed by atoms with Crippen LogP contribution in [0.2, 0.25) is 0 Å². The van der Waals surface area contributed by atoms with Gasteiger partial charge < -0.3 is 25.3 Å². The lowest BCUT2D eigenvalue weighted by Gasteiger charge is -2.11. The number of methoxy groups -OCH3 is 2. The fraction of sp³-hybridized carbons (Fsp3) is 0.611. The third-order valence-corrected chi connectivity index (χ3v) is 4.16. The Morgan fingerprint density at radius 2 is 1.96 bits per heavy atom. The van der Waals surface area contributed by atoms with Gasteiger partial charge in [0.25, 0.3) is 0 Å². The molecule has 0 saturated heterocycles. The molecule has 6 heteroatoms.